The van der Waals surface area contributed by atoms with Crippen LogP contribution in [0.15, 0.2) is 54.6 Å². The minimum Gasteiger partial charge on any atom is -0.497 e. The second kappa shape index (κ2) is 9.45. The monoisotopic (exact) mass is 327 g/mol. The Hall–Kier alpha value is -1.84. The van der Waals surface area contributed by atoms with Gasteiger partial charge in [-0.25, -0.2) is 0 Å². The van der Waals surface area contributed by atoms with Crippen molar-refractivity contribution in [3.05, 3.63) is 65.7 Å². The van der Waals surface area contributed by atoms with E-state index in [1.165, 1.54) is 11.1 Å². The van der Waals surface area contributed by atoms with Crippen LogP contribution in [-0.4, -0.2) is 36.3 Å². The molecule has 1 N–H and O–H groups in total. The summed E-state index contributed by atoms with van der Waals surface area (Å²) < 4.78 is 5.22. The van der Waals surface area contributed by atoms with Crippen LogP contribution >= 0.6 is 0 Å². The van der Waals surface area contributed by atoms with Gasteiger partial charge in [0.1, 0.15) is 5.75 Å². The summed E-state index contributed by atoms with van der Waals surface area (Å²) in [5.41, 5.74) is 2.42. The fraction of sp³-hybridized carbons (Fsp3) is 0.429. The fourth-order valence-corrected chi connectivity index (χ4v) is 2.96. The van der Waals surface area contributed by atoms with Crippen LogP contribution in [0.25, 0.3) is 0 Å². The molecule has 0 unspecified atom stereocenters. The minimum atomic E-state index is -0.357. The predicted octanol–water partition coefficient (Wildman–Crippen LogP) is 3.76. The Labute approximate surface area is 145 Å². The van der Waals surface area contributed by atoms with Crippen molar-refractivity contribution in [2.75, 3.05) is 20.2 Å². The maximum absolute atomic E-state index is 10.5. The van der Waals surface area contributed by atoms with Gasteiger partial charge in [0.05, 0.1) is 13.2 Å². The molecular weight excluding hydrogens is 298 g/mol. The molecule has 24 heavy (non-hydrogen) atoms. The summed E-state index contributed by atoms with van der Waals surface area (Å²) in [7, 11) is 1.68. The summed E-state index contributed by atoms with van der Waals surface area (Å²) >= 11 is 0. The van der Waals surface area contributed by atoms with Gasteiger partial charge < -0.3 is 9.84 Å². The number of hydrogen-bond acceptors (Lipinski definition) is 3. The van der Waals surface area contributed by atoms with Crippen molar-refractivity contribution in [1.82, 2.24) is 4.90 Å². The van der Waals surface area contributed by atoms with Gasteiger partial charge in [0.2, 0.25) is 0 Å². The first-order valence-corrected chi connectivity index (χ1v) is 8.64. The zero-order valence-corrected chi connectivity index (χ0v) is 15.0. The minimum absolute atomic E-state index is 0.357. The lowest BCUT2D eigenvalue weighted by Crippen LogP contribution is -2.35. The van der Waals surface area contributed by atoms with Crippen LogP contribution in [-0.2, 0) is 13.0 Å². The zero-order chi connectivity index (χ0) is 17.4. The van der Waals surface area contributed by atoms with Gasteiger partial charge in [-0.15, -0.1) is 0 Å². The summed E-state index contributed by atoms with van der Waals surface area (Å²) in [4.78, 5) is 2.33. The highest BCUT2D eigenvalue weighted by molar-refractivity contribution is 5.27. The lowest BCUT2D eigenvalue weighted by molar-refractivity contribution is 0.101. The van der Waals surface area contributed by atoms with Crippen LogP contribution in [0.2, 0.25) is 0 Å². The van der Waals surface area contributed by atoms with Crippen LogP contribution < -0.4 is 4.74 Å². The summed E-state index contributed by atoms with van der Waals surface area (Å²) in [6, 6.07) is 18.3. The molecule has 3 nitrogen and oxygen atoms in total. The van der Waals surface area contributed by atoms with E-state index in [0.29, 0.717) is 18.9 Å². The quantitative estimate of drug-likeness (QED) is 0.761. The van der Waals surface area contributed by atoms with Crippen LogP contribution in [0.5, 0.6) is 5.75 Å². The normalized spacial score (nSPS) is 12.6. The van der Waals surface area contributed by atoms with E-state index in [9.17, 15) is 5.11 Å². The smallest absolute Gasteiger partial charge is 0.118 e. The molecular formula is C21H29NO2. The third-order valence-electron chi connectivity index (χ3n) is 3.97. The number of ether oxygens (including phenoxy) is 1. The standard InChI is InChI=1S/C21H29NO2/c1-17(2)14-22(15-19-9-11-21(24-3)12-10-19)16-20(23)13-18-7-5-4-6-8-18/h4-12,17,20,23H,13-16H2,1-3H3/t20-/m1/s1. The van der Waals surface area contributed by atoms with E-state index in [2.05, 4.69) is 43.0 Å². The first-order valence-electron chi connectivity index (χ1n) is 8.64. The first kappa shape index (κ1) is 18.5. The summed E-state index contributed by atoms with van der Waals surface area (Å²) in [6.45, 7) is 6.92. The van der Waals surface area contributed by atoms with E-state index in [4.69, 9.17) is 4.74 Å². The van der Waals surface area contributed by atoms with Crippen molar-refractivity contribution in [3.8, 4) is 5.75 Å². The molecule has 2 rings (SSSR count). The molecule has 0 saturated carbocycles. The molecule has 0 fully saturated rings. The van der Waals surface area contributed by atoms with E-state index in [0.717, 1.165) is 18.8 Å². The van der Waals surface area contributed by atoms with Gasteiger partial charge in [0, 0.05) is 19.6 Å². The Kier molecular flexibility index (Phi) is 7.29. The van der Waals surface area contributed by atoms with Gasteiger partial charge in [-0.05, 0) is 35.6 Å². The number of methoxy groups -OCH3 is 1. The Morgan fingerprint density at radius 1 is 0.917 bits per heavy atom. The van der Waals surface area contributed by atoms with Crippen molar-refractivity contribution in [3.63, 3.8) is 0 Å². The molecule has 1 atom stereocenters. The second-order valence-electron chi connectivity index (χ2n) is 6.78. The van der Waals surface area contributed by atoms with Crippen molar-refractivity contribution in [1.29, 1.82) is 0 Å². The molecule has 0 spiro atoms. The molecule has 0 aliphatic heterocycles. The molecule has 3 heteroatoms. The van der Waals surface area contributed by atoms with Crippen LogP contribution in [0.1, 0.15) is 25.0 Å². The molecule has 0 amide bonds. The largest absolute Gasteiger partial charge is 0.497 e. The van der Waals surface area contributed by atoms with E-state index in [1.807, 2.05) is 30.3 Å². The van der Waals surface area contributed by atoms with E-state index in [-0.39, 0.29) is 6.10 Å². The molecule has 0 bridgehead atoms. The Bertz CT molecular complexity index is 581. The molecule has 0 saturated heterocycles. The van der Waals surface area contributed by atoms with Crippen molar-refractivity contribution >= 4 is 0 Å². The highest BCUT2D eigenvalue weighted by atomic mass is 16.5. The van der Waals surface area contributed by atoms with E-state index >= 15 is 0 Å². The Morgan fingerprint density at radius 2 is 1.58 bits per heavy atom. The van der Waals surface area contributed by atoms with Crippen molar-refractivity contribution < 1.29 is 9.84 Å². The molecule has 2 aromatic carbocycles. The van der Waals surface area contributed by atoms with Gasteiger partial charge in [-0.1, -0.05) is 56.3 Å². The van der Waals surface area contributed by atoms with Gasteiger partial charge >= 0.3 is 0 Å². The number of nitrogens with zero attached hydrogens (tertiary/aromatic N) is 1. The van der Waals surface area contributed by atoms with E-state index in [1.54, 1.807) is 7.11 Å². The predicted molar refractivity (Wildman–Crippen MR) is 99.3 cm³/mol. The third kappa shape index (κ3) is 6.34. The summed E-state index contributed by atoms with van der Waals surface area (Å²) in [5, 5.41) is 10.5. The average molecular weight is 327 g/mol. The number of aliphatic hydroxyl groups is 1. The molecule has 0 aliphatic carbocycles. The van der Waals surface area contributed by atoms with Gasteiger partial charge in [0.15, 0.2) is 0 Å². The third-order valence-corrected chi connectivity index (χ3v) is 3.97. The highest BCUT2D eigenvalue weighted by Gasteiger charge is 2.14. The Balaban J connectivity index is 1.96. The lowest BCUT2D eigenvalue weighted by Gasteiger charge is -2.27. The summed E-state index contributed by atoms with van der Waals surface area (Å²) in [6.07, 6.45) is 0.335. The number of rotatable bonds is 9. The fourth-order valence-electron chi connectivity index (χ4n) is 2.96. The molecule has 0 aromatic heterocycles. The van der Waals surface area contributed by atoms with E-state index < -0.39 is 0 Å². The molecule has 0 aliphatic rings. The molecule has 2 aromatic rings. The molecule has 0 heterocycles. The number of aliphatic hydroxyl groups excluding tert-OH is 1. The molecule has 130 valence electrons. The second-order valence-corrected chi connectivity index (χ2v) is 6.78. The van der Waals surface area contributed by atoms with Gasteiger partial charge in [0.25, 0.3) is 0 Å². The SMILES string of the molecule is COc1ccc(CN(CC(C)C)C[C@H](O)Cc2ccccc2)cc1. The topological polar surface area (TPSA) is 32.7 Å². The maximum atomic E-state index is 10.5. The van der Waals surface area contributed by atoms with Gasteiger partial charge in [-0.3, -0.25) is 4.90 Å². The number of hydrogen-bond donors (Lipinski definition) is 1. The van der Waals surface area contributed by atoms with Crippen LogP contribution in [0, 0.1) is 5.92 Å². The van der Waals surface area contributed by atoms with Crippen LogP contribution in [0.3, 0.4) is 0 Å². The average Bonchev–Trinajstić information content (AvgIpc) is 2.55. The van der Waals surface area contributed by atoms with Crippen molar-refractivity contribution in [2.45, 2.75) is 32.9 Å². The molecule has 0 radical (unpaired) electrons. The Morgan fingerprint density at radius 3 is 2.17 bits per heavy atom. The first-order chi connectivity index (χ1) is 11.6. The summed E-state index contributed by atoms with van der Waals surface area (Å²) in [5.74, 6) is 1.44. The van der Waals surface area contributed by atoms with Crippen LogP contribution in [0.4, 0.5) is 0 Å². The van der Waals surface area contributed by atoms with Gasteiger partial charge in [-0.2, -0.15) is 0 Å². The maximum Gasteiger partial charge on any atom is 0.118 e. The lowest BCUT2D eigenvalue weighted by atomic mass is 10.1. The zero-order valence-electron chi connectivity index (χ0n) is 15.0. The highest BCUT2D eigenvalue weighted by Crippen LogP contribution is 2.15. The number of benzene rings is 2. The van der Waals surface area contributed by atoms with Crippen molar-refractivity contribution in [2.24, 2.45) is 5.92 Å².